The van der Waals surface area contributed by atoms with Crippen LogP contribution in [0.4, 0.5) is 11.4 Å². The van der Waals surface area contributed by atoms with E-state index in [1.54, 1.807) is 26.0 Å². The Hall–Kier alpha value is -2.93. The van der Waals surface area contributed by atoms with Crippen LogP contribution < -0.4 is 5.43 Å². The van der Waals surface area contributed by atoms with Gasteiger partial charge in [-0.25, -0.2) is 0 Å². The number of benzene rings is 1. The van der Waals surface area contributed by atoms with E-state index >= 15 is 0 Å². The van der Waals surface area contributed by atoms with Gasteiger partial charge < -0.3 is 0 Å². The molecule has 0 saturated carbocycles. The summed E-state index contributed by atoms with van der Waals surface area (Å²) in [7, 11) is 0. The fraction of sp³-hybridized carbons (Fsp3) is 0.182. The third-order valence-corrected chi connectivity index (χ3v) is 2.22. The monoisotopic (exact) mass is 243 g/mol. The molecule has 0 bridgehead atoms. The quantitative estimate of drug-likeness (QED) is 0.495. The molecule has 0 aliphatic rings. The maximum absolute atomic E-state index is 10.6. The second-order valence-electron chi connectivity index (χ2n) is 3.51. The minimum atomic E-state index is -0.483. The number of hydrogen-bond acceptors (Lipinski definition) is 6. The van der Waals surface area contributed by atoms with E-state index in [4.69, 9.17) is 10.5 Å². The van der Waals surface area contributed by atoms with Crippen molar-refractivity contribution < 1.29 is 4.92 Å². The first-order chi connectivity index (χ1) is 8.49. The Balaban J connectivity index is 3.14. The van der Waals surface area contributed by atoms with E-state index in [1.165, 1.54) is 12.1 Å². The molecule has 7 nitrogen and oxygen atoms in total. The smallest absolute Gasteiger partial charge is 0.270 e. The van der Waals surface area contributed by atoms with Crippen molar-refractivity contribution in [3.05, 3.63) is 33.4 Å². The number of non-ortho nitro benzene ring substituents is 1. The Morgan fingerprint density at radius 3 is 2.22 bits per heavy atom. The highest BCUT2D eigenvalue weighted by molar-refractivity contribution is 6.10. The first kappa shape index (κ1) is 13.1. The van der Waals surface area contributed by atoms with Gasteiger partial charge >= 0.3 is 0 Å². The molecule has 0 unspecified atom stereocenters. The number of nitro groups is 1. The lowest BCUT2D eigenvalue weighted by Gasteiger charge is -2.08. The molecule has 0 saturated heterocycles. The number of hydrogen-bond donors (Lipinski definition) is 1. The number of nitro benzene ring substituents is 1. The van der Waals surface area contributed by atoms with Crippen LogP contribution in [0.1, 0.15) is 11.1 Å². The zero-order valence-electron chi connectivity index (χ0n) is 9.76. The molecular formula is C11H9N5O2. The van der Waals surface area contributed by atoms with Crippen LogP contribution in [-0.2, 0) is 0 Å². The van der Waals surface area contributed by atoms with Gasteiger partial charge in [-0.2, -0.15) is 15.6 Å². The van der Waals surface area contributed by atoms with Gasteiger partial charge in [-0.1, -0.05) is 0 Å². The Kier molecular flexibility index (Phi) is 3.95. The normalized spacial score (nSPS) is 8.89. The molecule has 0 amide bonds. The van der Waals surface area contributed by atoms with Gasteiger partial charge in [-0.15, -0.1) is 0 Å². The van der Waals surface area contributed by atoms with Gasteiger partial charge in [0, 0.05) is 12.1 Å². The van der Waals surface area contributed by atoms with Crippen LogP contribution in [0.5, 0.6) is 0 Å². The Morgan fingerprint density at radius 2 is 1.83 bits per heavy atom. The molecule has 1 rings (SSSR count). The van der Waals surface area contributed by atoms with Crippen molar-refractivity contribution in [2.75, 3.05) is 5.43 Å². The number of nitrogens with one attached hydrogen (secondary N) is 1. The van der Waals surface area contributed by atoms with Crippen molar-refractivity contribution in [3.63, 3.8) is 0 Å². The van der Waals surface area contributed by atoms with Gasteiger partial charge in [-0.3, -0.25) is 15.5 Å². The summed E-state index contributed by atoms with van der Waals surface area (Å²) in [5.41, 5.74) is 4.01. The fourth-order valence-electron chi connectivity index (χ4n) is 1.41. The molecule has 0 atom stereocenters. The zero-order valence-corrected chi connectivity index (χ0v) is 9.76. The van der Waals surface area contributed by atoms with Gasteiger partial charge in [-0.05, 0) is 25.0 Å². The number of hydrazone groups is 1. The van der Waals surface area contributed by atoms with Crippen molar-refractivity contribution >= 4 is 17.1 Å². The van der Waals surface area contributed by atoms with Crippen LogP contribution in [-0.4, -0.2) is 10.6 Å². The second-order valence-corrected chi connectivity index (χ2v) is 3.51. The predicted octanol–water partition coefficient (Wildman–Crippen LogP) is 2.03. The van der Waals surface area contributed by atoms with Crippen LogP contribution >= 0.6 is 0 Å². The first-order valence-corrected chi connectivity index (χ1v) is 4.89. The van der Waals surface area contributed by atoms with Crippen LogP contribution in [0, 0.1) is 46.6 Å². The number of aryl methyl sites for hydroxylation is 2. The topological polar surface area (TPSA) is 115 Å². The molecule has 0 aliphatic carbocycles. The lowest BCUT2D eigenvalue weighted by Crippen LogP contribution is -2.01. The summed E-state index contributed by atoms with van der Waals surface area (Å²) in [6, 6.07) is 6.00. The molecule has 1 aromatic rings. The van der Waals surface area contributed by atoms with E-state index in [0.717, 1.165) is 0 Å². The maximum Gasteiger partial charge on any atom is 0.270 e. The largest absolute Gasteiger partial charge is 0.276 e. The average Bonchev–Trinajstić information content (AvgIpc) is 2.32. The van der Waals surface area contributed by atoms with Crippen molar-refractivity contribution in [2.24, 2.45) is 5.10 Å². The summed E-state index contributed by atoms with van der Waals surface area (Å²) >= 11 is 0. The van der Waals surface area contributed by atoms with Crippen molar-refractivity contribution in [2.45, 2.75) is 13.8 Å². The third kappa shape index (κ3) is 2.80. The van der Waals surface area contributed by atoms with Crippen LogP contribution in [0.3, 0.4) is 0 Å². The number of nitrogens with zero attached hydrogens (tertiary/aromatic N) is 4. The molecule has 0 aliphatic heterocycles. The van der Waals surface area contributed by atoms with Crippen molar-refractivity contribution in [1.29, 1.82) is 10.5 Å². The van der Waals surface area contributed by atoms with Crippen LogP contribution in [0.15, 0.2) is 17.2 Å². The molecule has 7 heteroatoms. The Labute approximate surface area is 103 Å². The lowest BCUT2D eigenvalue weighted by atomic mass is 10.1. The second kappa shape index (κ2) is 5.41. The number of anilines is 1. The average molecular weight is 243 g/mol. The maximum atomic E-state index is 10.6. The Bertz CT molecular complexity index is 568. The molecular weight excluding hydrogens is 234 g/mol. The molecule has 0 aromatic heterocycles. The van der Waals surface area contributed by atoms with E-state index in [-0.39, 0.29) is 11.4 Å². The number of nitriles is 2. The standard InChI is InChI=1S/C11H9N5O2/c1-7-3-10(16(17)18)4-8(2)11(7)15-14-9(5-12)6-13/h3-4,15H,1-2H3. The van der Waals surface area contributed by atoms with Gasteiger partial charge in [0.1, 0.15) is 12.1 Å². The molecule has 1 N–H and O–H groups in total. The van der Waals surface area contributed by atoms with Crippen LogP contribution in [0.2, 0.25) is 0 Å². The van der Waals surface area contributed by atoms with Crippen molar-refractivity contribution in [3.8, 4) is 12.1 Å². The first-order valence-electron chi connectivity index (χ1n) is 4.89. The summed E-state index contributed by atoms with van der Waals surface area (Å²) < 4.78 is 0. The van der Waals surface area contributed by atoms with Crippen LogP contribution in [0.25, 0.3) is 0 Å². The van der Waals surface area contributed by atoms with Crippen molar-refractivity contribution in [1.82, 2.24) is 0 Å². The van der Waals surface area contributed by atoms with Gasteiger partial charge in [0.05, 0.1) is 10.6 Å². The molecule has 0 spiro atoms. The lowest BCUT2D eigenvalue weighted by molar-refractivity contribution is -0.384. The summed E-state index contributed by atoms with van der Waals surface area (Å²) in [5, 5.41) is 31.3. The number of rotatable bonds is 3. The zero-order chi connectivity index (χ0) is 13.7. The Morgan fingerprint density at radius 1 is 1.33 bits per heavy atom. The van der Waals surface area contributed by atoms with Gasteiger partial charge in [0.15, 0.2) is 0 Å². The predicted molar refractivity (Wildman–Crippen MR) is 64.9 cm³/mol. The molecule has 0 radical (unpaired) electrons. The third-order valence-electron chi connectivity index (χ3n) is 2.22. The van der Waals surface area contributed by atoms with E-state index in [2.05, 4.69) is 10.5 Å². The molecule has 18 heavy (non-hydrogen) atoms. The summed E-state index contributed by atoms with van der Waals surface area (Å²) in [5.74, 6) is 0. The van der Waals surface area contributed by atoms with E-state index in [1.807, 2.05) is 0 Å². The molecule has 1 aromatic carbocycles. The highest BCUT2D eigenvalue weighted by Crippen LogP contribution is 2.26. The van der Waals surface area contributed by atoms with E-state index in [0.29, 0.717) is 16.8 Å². The fourth-order valence-corrected chi connectivity index (χ4v) is 1.41. The molecule has 90 valence electrons. The van der Waals surface area contributed by atoms with E-state index < -0.39 is 4.92 Å². The molecule has 0 heterocycles. The van der Waals surface area contributed by atoms with Gasteiger partial charge in [0.2, 0.25) is 5.71 Å². The highest BCUT2D eigenvalue weighted by atomic mass is 16.6. The SMILES string of the molecule is Cc1cc([N+](=O)[O-])cc(C)c1NN=C(C#N)C#N. The van der Waals surface area contributed by atoms with E-state index in [9.17, 15) is 10.1 Å². The minimum absolute atomic E-state index is 0.0136. The highest BCUT2D eigenvalue weighted by Gasteiger charge is 2.11. The summed E-state index contributed by atoms with van der Waals surface area (Å²) in [4.78, 5) is 10.2. The van der Waals surface area contributed by atoms with Gasteiger partial charge in [0.25, 0.3) is 5.69 Å². The minimum Gasteiger partial charge on any atom is -0.276 e. The summed E-state index contributed by atoms with van der Waals surface area (Å²) in [6.07, 6.45) is 0. The summed E-state index contributed by atoms with van der Waals surface area (Å²) in [6.45, 7) is 3.35. The molecule has 0 fully saturated rings.